The molecular weight excluding hydrogens is 360 g/mol. The first-order chi connectivity index (χ1) is 13.5. The van der Waals surface area contributed by atoms with Gasteiger partial charge in [0, 0.05) is 57.9 Å². The maximum Gasteiger partial charge on any atom is 0.407 e. The van der Waals surface area contributed by atoms with Crippen molar-refractivity contribution in [3.63, 3.8) is 0 Å². The second-order valence-electron chi connectivity index (χ2n) is 7.21. The normalized spacial score (nSPS) is 18.0. The van der Waals surface area contributed by atoms with Crippen LogP contribution >= 0.6 is 0 Å². The number of rotatable bonds is 3. The highest BCUT2D eigenvalue weighted by Crippen LogP contribution is 2.26. The van der Waals surface area contributed by atoms with E-state index < -0.39 is 6.09 Å². The molecule has 0 spiro atoms. The Balaban J connectivity index is 1.64. The summed E-state index contributed by atoms with van der Waals surface area (Å²) in [4.78, 5) is 41.8. The van der Waals surface area contributed by atoms with Crippen LogP contribution in [0.25, 0.3) is 0 Å². The van der Waals surface area contributed by atoms with Gasteiger partial charge in [-0.25, -0.2) is 4.79 Å². The minimum absolute atomic E-state index is 0.00797. The molecule has 152 valence electrons. The van der Waals surface area contributed by atoms with Gasteiger partial charge in [-0.05, 0) is 25.0 Å². The topological polar surface area (TPSA) is 82.2 Å². The van der Waals surface area contributed by atoms with Gasteiger partial charge < -0.3 is 24.8 Å². The monoisotopic (exact) mass is 388 g/mol. The number of benzene rings is 1. The number of carbonyl (C=O) groups excluding carboxylic acids is 3. The highest BCUT2D eigenvalue weighted by molar-refractivity contribution is 6.00. The molecule has 3 amide bonds. The minimum Gasteiger partial charge on any atom is -0.453 e. The van der Waals surface area contributed by atoms with Crippen LogP contribution in [0.5, 0.6) is 0 Å². The Hall–Kier alpha value is -2.77. The van der Waals surface area contributed by atoms with Crippen molar-refractivity contribution in [2.75, 3.05) is 51.3 Å². The number of piperazine rings is 1. The molecule has 2 aliphatic heterocycles. The molecule has 0 bridgehead atoms. The summed E-state index contributed by atoms with van der Waals surface area (Å²) in [5.41, 5.74) is 1.62. The summed E-state index contributed by atoms with van der Waals surface area (Å²) in [6, 6.07) is 7.76. The van der Waals surface area contributed by atoms with Gasteiger partial charge in [0.2, 0.25) is 5.91 Å². The molecular formula is C20H28N4O4. The predicted octanol–water partition coefficient (Wildman–Crippen LogP) is 1.32. The molecule has 0 unspecified atom stereocenters. The third-order valence-corrected chi connectivity index (χ3v) is 5.49. The lowest BCUT2D eigenvalue weighted by Gasteiger charge is -2.37. The van der Waals surface area contributed by atoms with Gasteiger partial charge in [0.25, 0.3) is 5.91 Å². The minimum atomic E-state index is -0.404. The fourth-order valence-electron chi connectivity index (χ4n) is 3.82. The summed E-state index contributed by atoms with van der Waals surface area (Å²) in [7, 11) is 1.36. The summed E-state index contributed by atoms with van der Waals surface area (Å²) >= 11 is 0. The van der Waals surface area contributed by atoms with Crippen LogP contribution in [0.1, 0.15) is 30.1 Å². The highest BCUT2D eigenvalue weighted by atomic mass is 16.5. The van der Waals surface area contributed by atoms with Crippen molar-refractivity contribution >= 4 is 23.6 Å². The fourth-order valence-corrected chi connectivity index (χ4v) is 3.82. The zero-order valence-corrected chi connectivity index (χ0v) is 16.5. The number of nitrogens with zero attached hydrogens (tertiary/aromatic N) is 3. The van der Waals surface area contributed by atoms with Crippen molar-refractivity contribution in [1.29, 1.82) is 0 Å². The van der Waals surface area contributed by atoms with Crippen LogP contribution in [0.15, 0.2) is 24.3 Å². The van der Waals surface area contributed by atoms with Gasteiger partial charge in [0.15, 0.2) is 0 Å². The van der Waals surface area contributed by atoms with Crippen LogP contribution in [-0.4, -0.2) is 80.1 Å². The summed E-state index contributed by atoms with van der Waals surface area (Å²) in [6.45, 7) is 5.34. The van der Waals surface area contributed by atoms with E-state index in [2.05, 4.69) is 15.0 Å². The molecule has 8 heteroatoms. The molecule has 1 aromatic rings. The van der Waals surface area contributed by atoms with E-state index in [1.807, 2.05) is 29.2 Å². The highest BCUT2D eigenvalue weighted by Gasteiger charge is 2.27. The van der Waals surface area contributed by atoms with Crippen LogP contribution in [-0.2, 0) is 9.53 Å². The molecule has 2 aliphatic rings. The second kappa shape index (κ2) is 8.95. The van der Waals surface area contributed by atoms with Crippen LogP contribution in [0.2, 0.25) is 0 Å². The van der Waals surface area contributed by atoms with Gasteiger partial charge >= 0.3 is 6.09 Å². The van der Waals surface area contributed by atoms with E-state index in [9.17, 15) is 14.4 Å². The molecule has 0 aromatic heterocycles. The van der Waals surface area contributed by atoms with Crippen molar-refractivity contribution < 1.29 is 19.1 Å². The van der Waals surface area contributed by atoms with E-state index >= 15 is 0 Å². The lowest BCUT2D eigenvalue weighted by atomic mass is 10.0. The SMILES string of the molecule is COC(=O)NC1CCN(c2ccccc2C(=O)N2CCN(C(C)=O)CC2)CC1. The summed E-state index contributed by atoms with van der Waals surface area (Å²) in [5.74, 6) is 0.0598. The zero-order valence-electron chi connectivity index (χ0n) is 16.5. The average Bonchev–Trinajstić information content (AvgIpc) is 2.73. The number of amides is 3. The first-order valence-corrected chi connectivity index (χ1v) is 9.73. The Bertz CT molecular complexity index is 723. The Labute approximate surface area is 165 Å². The van der Waals surface area contributed by atoms with Crippen molar-refractivity contribution in [1.82, 2.24) is 15.1 Å². The molecule has 2 saturated heterocycles. The van der Waals surface area contributed by atoms with Gasteiger partial charge in [-0.3, -0.25) is 9.59 Å². The standard InChI is InChI=1S/C20H28N4O4/c1-15(25)22-11-13-24(14-12-22)19(26)17-5-3-4-6-18(17)23-9-7-16(8-10-23)21-20(27)28-2/h3-6,16H,7-14H2,1-2H3,(H,21,27). The maximum atomic E-state index is 13.1. The fraction of sp³-hybridized carbons (Fsp3) is 0.550. The Kier molecular flexibility index (Phi) is 6.38. The number of carbonyl (C=O) groups is 3. The van der Waals surface area contributed by atoms with E-state index in [1.54, 1.807) is 11.8 Å². The number of hydrogen-bond acceptors (Lipinski definition) is 5. The third kappa shape index (κ3) is 4.55. The largest absolute Gasteiger partial charge is 0.453 e. The zero-order chi connectivity index (χ0) is 20.1. The van der Waals surface area contributed by atoms with Gasteiger partial charge in [-0.1, -0.05) is 12.1 Å². The van der Waals surface area contributed by atoms with Gasteiger partial charge in [0.05, 0.1) is 12.7 Å². The predicted molar refractivity (Wildman–Crippen MR) is 105 cm³/mol. The lowest BCUT2D eigenvalue weighted by Crippen LogP contribution is -2.50. The van der Waals surface area contributed by atoms with Gasteiger partial charge in [-0.15, -0.1) is 0 Å². The molecule has 0 atom stereocenters. The van der Waals surface area contributed by atoms with E-state index in [0.717, 1.165) is 31.6 Å². The van der Waals surface area contributed by atoms with Gasteiger partial charge in [-0.2, -0.15) is 0 Å². The molecule has 0 radical (unpaired) electrons. The number of alkyl carbamates (subject to hydrolysis) is 1. The Morgan fingerprint density at radius 1 is 0.964 bits per heavy atom. The molecule has 28 heavy (non-hydrogen) atoms. The molecule has 0 saturated carbocycles. The van der Waals surface area contributed by atoms with E-state index in [-0.39, 0.29) is 17.9 Å². The number of hydrogen-bond donors (Lipinski definition) is 1. The smallest absolute Gasteiger partial charge is 0.407 e. The molecule has 1 aromatic carbocycles. The maximum absolute atomic E-state index is 13.1. The number of piperidine rings is 1. The van der Waals surface area contributed by atoms with Crippen LogP contribution in [0.4, 0.5) is 10.5 Å². The summed E-state index contributed by atoms with van der Waals surface area (Å²) in [5, 5.41) is 2.85. The number of methoxy groups -OCH3 is 1. The first kappa shape index (κ1) is 20.0. The summed E-state index contributed by atoms with van der Waals surface area (Å²) in [6.07, 6.45) is 1.20. The quantitative estimate of drug-likeness (QED) is 0.844. The van der Waals surface area contributed by atoms with E-state index in [0.29, 0.717) is 31.7 Å². The summed E-state index contributed by atoms with van der Waals surface area (Å²) < 4.78 is 4.67. The molecule has 1 N–H and O–H groups in total. The molecule has 8 nitrogen and oxygen atoms in total. The molecule has 3 rings (SSSR count). The third-order valence-electron chi connectivity index (χ3n) is 5.49. The van der Waals surface area contributed by atoms with Crippen LogP contribution < -0.4 is 10.2 Å². The van der Waals surface area contributed by atoms with Crippen LogP contribution in [0, 0.1) is 0 Å². The van der Waals surface area contributed by atoms with E-state index in [1.165, 1.54) is 7.11 Å². The van der Waals surface area contributed by atoms with Crippen molar-refractivity contribution in [2.45, 2.75) is 25.8 Å². The van der Waals surface area contributed by atoms with E-state index in [4.69, 9.17) is 0 Å². The number of ether oxygens (including phenoxy) is 1. The number of para-hydroxylation sites is 1. The Morgan fingerprint density at radius 2 is 1.57 bits per heavy atom. The molecule has 2 heterocycles. The average molecular weight is 388 g/mol. The second-order valence-corrected chi connectivity index (χ2v) is 7.21. The lowest BCUT2D eigenvalue weighted by molar-refractivity contribution is -0.130. The number of nitrogens with one attached hydrogen (secondary N) is 1. The first-order valence-electron chi connectivity index (χ1n) is 9.73. The Morgan fingerprint density at radius 3 is 2.18 bits per heavy atom. The van der Waals surface area contributed by atoms with Gasteiger partial charge in [0.1, 0.15) is 0 Å². The molecule has 2 fully saturated rings. The number of anilines is 1. The van der Waals surface area contributed by atoms with Crippen LogP contribution in [0.3, 0.4) is 0 Å². The van der Waals surface area contributed by atoms with Crippen molar-refractivity contribution in [2.24, 2.45) is 0 Å². The van der Waals surface area contributed by atoms with Crippen molar-refractivity contribution in [3.05, 3.63) is 29.8 Å². The van der Waals surface area contributed by atoms with Crippen molar-refractivity contribution in [3.8, 4) is 0 Å². The molecule has 0 aliphatic carbocycles.